The molecule has 258 valence electrons. The lowest BCUT2D eigenvalue weighted by Gasteiger charge is -2.36. The number of hydrogen-bond donors (Lipinski definition) is 1. The second-order valence-corrected chi connectivity index (χ2v) is 11.3. The molecule has 0 amide bonds. The molecule has 6 rings (SSSR count). The molecular formula is C38H40O11. The molecule has 0 spiro atoms. The number of methoxy groups -OCH3 is 8. The van der Waals surface area contributed by atoms with Gasteiger partial charge >= 0.3 is 0 Å². The average molecular weight is 673 g/mol. The fourth-order valence-corrected chi connectivity index (χ4v) is 6.43. The fourth-order valence-electron chi connectivity index (χ4n) is 6.43. The van der Waals surface area contributed by atoms with Crippen LogP contribution in [0.4, 0.5) is 0 Å². The first-order valence-electron chi connectivity index (χ1n) is 15.5. The molecule has 2 aliphatic rings. The molecule has 0 bridgehead atoms. The van der Waals surface area contributed by atoms with Crippen LogP contribution in [0.2, 0.25) is 0 Å². The van der Waals surface area contributed by atoms with Gasteiger partial charge in [0.2, 0.25) is 0 Å². The molecule has 2 heterocycles. The Balaban J connectivity index is 1.61. The lowest BCUT2D eigenvalue weighted by atomic mass is 9.85. The Morgan fingerprint density at radius 2 is 1.16 bits per heavy atom. The normalized spacial score (nSPS) is 17.7. The van der Waals surface area contributed by atoms with Gasteiger partial charge in [-0.1, -0.05) is 12.1 Å². The molecule has 49 heavy (non-hydrogen) atoms. The predicted molar refractivity (Wildman–Crippen MR) is 183 cm³/mol. The summed E-state index contributed by atoms with van der Waals surface area (Å²) in [6.07, 6.45) is -0.125. The minimum absolute atomic E-state index is 0.237. The molecule has 3 atom stereocenters. The Kier molecular flexibility index (Phi) is 9.55. The van der Waals surface area contributed by atoms with Gasteiger partial charge in [0.1, 0.15) is 46.7 Å². The first kappa shape index (κ1) is 33.5. The van der Waals surface area contributed by atoms with Crippen molar-refractivity contribution in [2.45, 2.75) is 24.7 Å². The van der Waals surface area contributed by atoms with Crippen molar-refractivity contribution in [3.05, 3.63) is 82.4 Å². The van der Waals surface area contributed by atoms with Crippen LogP contribution >= 0.6 is 0 Å². The summed E-state index contributed by atoms with van der Waals surface area (Å²) >= 11 is 0. The third kappa shape index (κ3) is 5.95. The second kappa shape index (κ2) is 14.0. The van der Waals surface area contributed by atoms with Crippen molar-refractivity contribution in [2.24, 2.45) is 0 Å². The minimum Gasteiger partial charge on any atom is -0.496 e. The minimum atomic E-state index is -0.910. The van der Waals surface area contributed by atoms with Gasteiger partial charge in [0.05, 0.1) is 74.1 Å². The standard InChI is InChI=1S/C38H40O11/c1-40-22-15-29(43-4)23-17-25(36(48-31(23)16-22)20-9-11-27(41-2)32(13-20)45-6)35-34(47-8)19-30(44-5)24-18-26(39)37(49-38(24)35)21-10-12-28(42-3)33(14-21)46-7/h9-17,19,26,36-37,39H,18H2,1-8H3/t26-,36+,37+/m0/s1. The van der Waals surface area contributed by atoms with Gasteiger partial charge in [0, 0.05) is 41.3 Å². The smallest absolute Gasteiger partial charge is 0.161 e. The Bertz CT molecular complexity index is 1880. The maximum absolute atomic E-state index is 11.5. The van der Waals surface area contributed by atoms with Gasteiger partial charge in [-0.15, -0.1) is 0 Å². The van der Waals surface area contributed by atoms with Crippen LogP contribution in [0.5, 0.6) is 57.5 Å². The SMILES string of the molecule is COc1cc(OC)c2c(c1)O[C@H](c1ccc(OC)c(OC)c1)C(c1c(OC)cc(OC)c3c1O[C@H](c1ccc(OC)c(OC)c1)[C@@H](O)C3)=C2. The first-order valence-corrected chi connectivity index (χ1v) is 15.5. The summed E-state index contributed by atoms with van der Waals surface area (Å²) in [5.41, 5.74) is 4.19. The quantitative estimate of drug-likeness (QED) is 0.189. The molecule has 0 fully saturated rings. The molecule has 0 unspecified atom stereocenters. The highest BCUT2D eigenvalue weighted by Gasteiger charge is 2.39. The van der Waals surface area contributed by atoms with Gasteiger partial charge in [0.25, 0.3) is 0 Å². The van der Waals surface area contributed by atoms with Gasteiger partial charge in [-0.3, -0.25) is 0 Å². The van der Waals surface area contributed by atoms with Gasteiger partial charge < -0.3 is 52.5 Å². The largest absolute Gasteiger partial charge is 0.496 e. The Morgan fingerprint density at radius 1 is 0.571 bits per heavy atom. The van der Waals surface area contributed by atoms with Crippen molar-refractivity contribution in [3.63, 3.8) is 0 Å². The van der Waals surface area contributed by atoms with E-state index >= 15 is 0 Å². The van der Waals surface area contributed by atoms with Crippen LogP contribution in [-0.2, 0) is 6.42 Å². The molecule has 1 N–H and O–H groups in total. The zero-order valence-electron chi connectivity index (χ0n) is 28.7. The lowest BCUT2D eigenvalue weighted by molar-refractivity contribution is 0.0193. The van der Waals surface area contributed by atoms with Crippen molar-refractivity contribution in [1.82, 2.24) is 0 Å². The summed E-state index contributed by atoms with van der Waals surface area (Å²) in [6, 6.07) is 16.5. The molecule has 11 nitrogen and oxygen atoms in total. The van der Waals surface area contributed by atoms with Crippen molar-refractivity contribution in [2.75, 3.05) is 56.9 Å². The number of hydrogen-bond acceptors (Lipinski definition) is 11. The van der Waals surface area contributed by atoms with Crippen molar-refractivity contribution < 1.29 is 52.5 Å². The Hall–Kier alpha value is -5.42. The summed E-state index contributed by atoms with van der Waals surface area (Å²) in [4.78, 5) is 0. The third-order valence-electron chi connectivity index (χ3n) is 8.85. The topological polar surface area (TPSA) is 113 Å². The molecule has 0 aromatic heterocycles. The van der Waals surface area contributed by atoms with Crippen LogP contribution in [0, 0.1) is 0 Å². The van der Waals surface area contributed by atoms with E-state index in [0.29, 0.717) is 85.3 Å². The maximum atomic E-state index is 11.5. The number of fused-ring (bicyclic) bond motifs is 2. The Morgan fingerprint density at radius 3 is 1.76 bits per heavy atom. The lowest BCUT2D eigenvalue weighted by Crippen LogP contribution is -2.31. The zero-order chi connectivity index (χ0) is 34.8. The number of aliphatic hydroxyl groups is 1. The van der Waals surface area contributed by atoms with Crippen LogP contribution in [0.1, 0.15) is 40.0 Å². The van der Waals surface area contributed by atoms with E-state index in [1.807, 2.05) is 36.4 Å². The molecule has 4 aromatic rings. The second-order valence-electron chi connectivity index (χ2n) is 11.3. The summed E-state index contributed by atoms with van der Waals surface area (Å²) in [5, 5.41) is 11.5. The van der Waals surface area contributed by atoms with Crippen LogP contribution in [-0.4, -0.2) is 68.1 Å². The zero-order valence-corrected chi connectivity index (χ0v) is 28.7. The van der Waals surface area contributed by atoms with E-state index < -0.39 is 18.3 Å². The highest BCUT2D eigenvalue weighted by molar-refractivity contribution is 5.94. The summed E-state index contributed by atoms with van der Waals surface area (Å²) in [7, 11) is 12.7. The molecule has 0 aliphatic carbocycles. The van der Waals surface area contributed by atoms with E-state index in [-0.39, 0.29) is 6.42 Å². The molecule has 0 saturated heterocycles. The average Bonchev–Trinajstić information content (AvgIpc) is 3.15. The number of ether oxygens (including phenoxy) is 10. The van der Waals surface area contributed by atoms with E-state index in [9.17, 15) is 5.11 Å². The fraction of sp³-hybridized carbons (Fsp3) is 0.316. The highest BCUT2D eigenvalue weighted by Crippen LogP contribution is 2.55. The van der Waals surface area contributed by atoms with Crippen molar-refractivity contribution in [3.8, 4) is 57.5 Å². The van der Waals surface area contributed by atoms with Crippen molar-refractivity contribution in [1.29, 1.82) is 0 Å². The number of aliphatic hydroxyl groups excluding tert-OH is 1. The molecule has 0 saturated carbocycles. The van der Waals surface area contributed by atoms with Crippen LogP contribution < -0.4 is 47.4 Å². The molecule has 4 aromatic carbocycles. The van der Waals surface area contributed by atoms with E-state index in [0.717, 1.165) is 5.56 Å². The van der Waals surface area contributed by atoms with Crippen LogP contribution in [0.25, 0.3) is 11.6 Å². The van der Waals surface area contributed by atoms with E-state index in [2.05, 4.69) is 0 Å². The monoisotopic (exact) mass is 672 g/mol. The summed E-state index contributed by atoms with van der Waals surface area (Å²) in [6.45, 7) is 0. The molecule has 0 radical (unpaired) electrons. The summed E-state index contributed by atoms with van der Waals surface area (Å²) < 4.78 is 59.1. The first-order chi connectivity index (χ1) is 23.8. The van der Waals surface area contributed by atoms with Gasteiger partial charge in [-0.2, -0.15) is 0 Å². The van der Waals surface area contributed by atoms with Gasteiger partial charge in [0.15, 0.2) is 23.0 Å². The van der Waals surface area contributed by atoms with Crippen molar-refractivity contribution >= 4 is 11.6 Å². The third-order valence-corrected chi connectivity index (χ3v) is 8.85. The van der Waals surface area contributed by atoms with E-state index in [1.165, 1.54) is 0 Å². The predicted octanol–water partition coefficient (Wildman–Crippen LogP) is 6.47. The molecule has 11 heteroatoms. The maximum Gasteiger partial charge on any atom is 0.161 e. The molecule has 2 aliphatic heterocycles. The highest BCUT2D eigenvalue weighted by atomic mass is 16.5. The van der Waals surface area contributed by atoms with Crippen LogP contribution in [0.15, 0.2) is 54.6 Å². The summed E-state index contributed by atoms with van der Waals surface area (Å²) in [5.74, 6) is 5.36. The van der Waals surface area contributed by atoms with E-state index in [4.69, 9.17) is 47.4 Å². The number of benzene rings is 4. The van der Waals surface area contributed by atoms with Gasteiger partial charge in [-0.25, -0.2) is 0 Å². The van der Waals surface area contributed by atoms with Crippen LogP contribution in [0.3, 0.4) is 0 Å². The Labute approximate surface area is 285 Å². The number of rotatable bonds is 11. The van der Waals surface area contributed by atoms with E-state index in [1.54, 1.807) is 81.1 Å². The van der Waals surface area contributed by atoms with Gasteiger partial charge in [-0.05, 0) is 35.9 Å². The molecular weight excluding hydrogens is 632 g/mol.